The minimum Gasteiger partial charge on any atom is -0.298 e. The van der Waals surface area contributed by atoms with Crippen LogP contribution in [0.5, 0.6) is 0 Å². The molecule has 0 saturated heterocycles. The molecular weight excluding hydrogens is 248 g/mol. The zero-order valence-electron chi connectivity index (χ0n) is 9.81. The van der Waals surface area contributed by atoms with Crippen molar-refractivity contribution in [2.45, 2.75) is 6.92 Å². The van der Waals surface area contributed by atoms with E-state index in [0.717, 1.165) is 5.56 Å². The summed E-state index contributed by atoms with van der Waals surface area (Å²) in [5.74, 6) is -0.169. The lowest BCUT2D eigenvalue weighted by molar-refractivity contribution is 0.102. The van der Waals surface area contributed by atoms with Crippen LogP contribution in [0.25, 0.3) is 0 Å². The van der Waals surface area contributed by atoms with Gasteiger partial charge in [0.2, 0.25) is 0 Å². The van der Waals surface area contributed by atoms with Crippen molar-refractivity contribution >= 4 is 23.7 Å². The van der Waals surface area contributed by atoms with Crippen molar-refractivity contribution in [1.82, 2.24) is 0 Å². The third kappa shape index (κ3) is 2.49. The van der Waals surface area contributed by atoms with Gasteiger partial charge in [-0.25, -0.2) is 0 Å². The largest absolute Gasteiger partial charge is 0.298 e. The van der Waals surface area contributed by atoms with E-state index in [1.54, 1.807) is 36.4 Å². The highest BCUT2D eigenvalue weighted by Crippen LogP contribution is 2.17. The van der Waals surface area contributed by atoms with E-state index in [9.17, 15) is 9.59 Å². The van der Waals surface area contributed by atoms with E-state index in [2.05, 4.69) is 0 Å². The molecule has 0 N–H and O–H groups in total. The van der Waals surface area contributed by atoms with Crippen LogP contribution in [0.15, 0.2) is 42.5 Å². The molecule has 0 heterocycles. The zero-order valence-corrected chi connectivity index (χ0v) is 10.6. The number of hydrogen-bond acceptors (Lipinski definition) is 2. The predicted octanol–water partition coefficient (Wildman–Crippen LogP) is 3.69. The molecule has 90 valence electrons. The first-order chi connectivity index (χ1) is 8.61. The summed E-state index contributed by atoms with van der Waals surface area (Å²) in [4.78, 5) is 23.2. The van der Waals surface area contributed by atoms with Crippen LogP contribution in [0.4, 0.5) is 0 Å². The molecule has 2 rings (SSSR count). The Balaban J connectivity index is 2.48. The van der Waals surface area contributed by atoms with E-state index in [1.807, 2.05) is 13.0 Å². The number of halogens is 1. The summed E-state index contributed by atoms with van der Waals surface area (Å²) in [6.07, 6.45) is 0.697. The normalized spacial score (nSPS) is 10.1. The molecule has 0 aliphatic carbocycles. The third-order valence-electron chi connectivity index (χ3n) is 2.69. The van der Waals surface area contributed by atoms with Gasteiger partial charge in [0.25, 0.3) is 0 Å². The first kappa shape index (κ1) is 12.5. The molecule has 2 nitrogen and oxygen atoms in total. The lowest BCUT2D eigenvalue weighted by Crippen LogP contribution is -2.05. The smallest absolute Gasteiger partial charge is 0.193 e. The highest BCUT2D eigenvalue weighted by molar-refractivity contribution is 6.30. The van der Waals surface area contributed by atoms with Crippen molar-refractivity contribution in [1.29, 1.82) is 0 Å². The molecule has 0 amide bonds. The van der Waals surface area contributed by atoms with Gasteiger partial charge in [0.05, 0.1) is 0 Å². The molecule has 0 aliphatic rings. The summed E-state index contributed by atoms with van der Waals surface area (Å²) in [7, 11) is 0. The minimum atomic E-state index is -0.169. The van der Waals surface area contributed by atoms with Gasteiger partial charge < -0.3 is 0 Å². The maximum atomic E-state index is 12.3. The fourth-order valence-electron chi connectivity index (χ4n) is 1.73. The van der Waals surface area contributed by atoms with Crippen LogP contribution in [0.1, 0.15) is 31.8 Å². The second-order valence-electron chi connectivity index (χ2n) is 4.04. The highest BCUT2D eigenvalue weighted by Gasteiger charge is 2.13. The maximum Gasteiger partial charge on any atom is 0.193 e. The number of rotatable bonds is 3. The monoisotopic (exact) mass is 258 g/mol. The average molecular weight is 259 g/mol. The first-order valence-corrected chi connectivity index (χ1v) is 5.85. The first-order valence-electron chi connectivity index (χ1n) is 5.48. The number of benzene rings is 2. The Morgan fingerprint density at radius 2 is 1.78 bits per heavy atom. The fraction of sp³-hybridized carbons (Fsp3) is 0.0667. The van der Waals surface area contributed by atoms with Gasteiger partial charge in [0.1, 0.15) is 0 Å². The van der Waals surface area contributed by atoms with E-state index in [1.165, 1.54) is 0 Å². The molecule has 0 bridgehead atoms. The lowest BCUT2D eigenvalue weighted by Gasteiger charge is -2.05. The number of aryl methyl sites for hydroxylation is 1. The van der Waals surface area contributed by atoms with Gasteiger partial charge in [-0.1, -0.05) is 29.3 Å². The molecule has 2 aromatic carbocycles. The second kappa shape index (κ2) is 5.15. The van der Waals surface area contributed by atoms with E-state index < -0.39 is 0 Å². The number of hydrogen-bond donors (Lipinski definition) is 0. The van der Waals surface area contributed by atoms with Gasteiger partial charge >= 0.3 is 0 Å². The van der Waals surface area contributed by atoms with E-state index in [4.69, 9.17) is 11.6 Å². The summed E-state index contributed by atoms with van der Waals surface area (Å²) in [5, 5.41) is 0.575. The van der Waals surface area contributed by atoms with E-state index >= 15 is 0 Å². The van der Waals surface area contributed by atoms with Gasteiger partial charge in [0.15, 0.2) is 12.1 Å². The van der Waals surface area contributed by atoms with Crippen molar-refractivity contribution in [3.63, 3.8) is 0 Å². The Morgan fingerprint density at radius 1 is 1.11 bits per heavy atom. The van der Waals surface area contributed by atoms with Crippen molar-refractivity contribution < 1.29 is 9.59 Å². The standard InChI is InChI=1S/C15H11ClO2/c1-10-2-3-12(9-17)14(8-10)15(18)11-4-6-13(16)7-5-11/h2-9H,1H3. The van der Waals surface area contributed by atoms with E-state index in [0.29, 0.717) is 28.0 Å². The molecule has 0 aromatic heterocycles. The molecule has 2 aromatic rings. The summed E-state index contributed by atoms with van der Waals surface area (Å²) >= 11 is 5.78. The molecule has 0 radical (unpaired) electrons. The van der Waals surface area contributed by atoms with Gasteiger partial charge in [-0.3, -0.25) is 9.59 Å². The summed E-state index contributed by atoms with van der Waals surface area (Å²) in [6, 6.07) is 11.8. The van der Waals surface area contributed by atoms with Crippen LogP contribution < -0.4 is 0 Å². The van der Waals surface area contributed by atoms with Gasteiger partial charge in [0, 0.05) is 21.7 Å². The van der Waals surface area contributed by atoms with Crippen molar-refractivity contribution in [2.24, 2.45) is 0 Å². The third-order valence-corrected chi connectivity index (χ3v) is 2.94. The maximum absolute atomic E-state index is 12.3. The highest BCUT2D eigenvalue weighted by atomic mass is 35.5. The Labute approximate surface area is 110 Å². The van der Waals surface area contributed by atoms with Crippen molar-refractivity contribution in [3.05, 3.63) is 69.7 Å². The minimum absolute atomic E-state index is 0.169. The Hall–Kier alpha value is -1.93. The molecule has 18 heavy (non-hydrogen) atoms. The fourth-order valence-corrected chi connectivity index (χ4v) is 1.85. The van der Waals surface area contributed by atoms with Crippen LogP contribution in [-0.4, -0.2) is 12.1 Å². The van der Waals surface area contributed by atoms with Crippen LogP contribution >= 0.6 is 11.6 Å². The molecule has 0 spiro atoms. The second-order valence-corrected chi connectivity index (χ2v) is 4.48. The number of aldehydes is 1. The summed E-state index contributed by atoms with van der Waals surface area (Å²) in [5.41, 5.74) is 2.29. The number of carbonyl (C=O) groups is 2. The number of ketones is 1. The van der Waals surface area contributed by atoms with Gasteiger partial charge in [-0.15, -0.1) is 0 Å². The molecule has 0 saturated carbocycles. The molecule has 0 atom stereocenters. The quantitative estimate of drug-likeness (QED) is 0.621. The lowest BCUT2D eigenvalue weighted by atomic mass is 9.97. The van der Waals surface area contributed by atoms with Crippen LogP contribution in [0.3, 0.4) is 0 Å². The van der Waals surface area contributed by atoms with Crippen molar-refractivity contribution in [3.8, 4) is 0 Å². The Morgan fingerprint density at radius 3 is 2.39 bits per heavy atom. The van der Waals surface area contributed by atoms with Crippen LogP contribution in [0.2, 0.25) is 5.02 Å². The molecule has 0 fully saturated rings. The number of carbonyl (C=O) groups excluding carboxylic acids is 2. The molecule has 3 heteroatoms. The van der Waals surface area contributed by atoms with Gasteiger partial charge in [-0.05, 0) is 37.3 Å². The molecular formula is C15H11ClO2. The Bertz CT molecular complexity index is 600. The zero-order chi connectivity index (χ0) is 13.1. The SMILES string of the molecule is Cc1ccc(C=O)c(C(=O)c2ccc(Cl)cc2)c1. The molecule has 0 aliphatic heterocycles. The predicted molar refractivity (Wildman–Crippen MR) is 71.5 cm³/mol. The molecule has 0 unspecified atom stereocenters. The average Bonchev–Trinajstić information content (AvgIpc) is 2.39. The summed E-state index contributed by atoms with van der Waals surface area (Å²) in [6.45, 7) is 1.88. The van der Waals surface area contributed by atoms with Crippen LogP contribution in [0, 0.1) is 6.92 Å². The summed E-state index contributed by atoms with van der Waals surface area (Å²) < 4.78 is 0. The van der Waals surface area contributed by atoms with Gasteiger partial charge in [-0.2, -0.15) is 0 Å². The Kier molecular flexibility index (Phi) is 3.58. The van der Waals surface area contributed by atoms with E-state index in [-0.39, 0.29) is 5.78 Å². The van der Waals surface area contributed by atoms with Crippen molar-refractivity contribution in [2.75, 3.05) is 0 Å². The topological polar surface area (TPSA) is 34.1 Å². The van der Waals surface area contributed by atoms with Crippen LogP contribution in [-0.2, 0) is 0 Å².